The first-order valence-electron chi connectivity index (χ1n) is 3.40. The van der Waals surface area contributed by atoms with E-state index in [0.29, 0.717) is 6.04 Å². The summed E-state index contributed by atoms with van der Waals surface area (Å²) in [5.41, 5.74) is 0. The van der Waals surface area contributed by atoms with E-state index in [0.717, 1.165) is 5.92 Å². The fourth-order valence-corrected chi connectivity index (χ4v) is 1.16. The maximum absolute atomic E-state index is 4.48. The van der Waals surface area contributed by atoms with E-state index in [1.807, 2.05) is 0 Å². The van der Waals surface area contributed by atoms with Gasteiger partial charge in [-0.3, -0.25) is 0 Å². The molecule has 1 saturated carbocycles. The predicted octanol–water partition coefficient (Wildman–Crippen LogP) is 2.28. The van der Waals surface area contributed by atoms with Crippen molar-refractivity contribution in [1.82, 2.24) is 0 Å². The van der Waals surface area contributed by atoms with Gasteiger partial charge in [-0.2, -0.15) is 0 Å². The summed E-state index contributed by atoms with van der Waals surface area (Å²) in [6.45, 7) is 2.09. The van der Waals surface area contributed by atoms with Gasteiger partial charge in [-0.05, 0) is 31.5 Å². The molecular formula is C7H11NS. The topological polar surface area (TPSA) is 12.4 Å². The van der Waals surface area contributed by atoms with Crippen LogP contribution in [0.5, 0.6) is 0 Å². The van der Waals surface area contributed by atoms with E-state index in [2.05, 4.69) is 29.3 Å². The number of nitrogens with zero attached hydrogens (tertiary/aromatic N) is 1. The van der Waals surface area contributed by atoms with Crippen LogP contribution in [0.15, 0.2) is 4.99 Å². The van der Waals surface area contributed by atoms with Crippen molar-refractivity contribution < 1.29 is 0 Å². The van der Waals surface area contributed by atoms with Crippen LogP contribution in [0.1, 0.15) is 26.2 Å². The molecule has 0 heterocycles. The van der Waals surface area contributed by atoms with E-state index in [1.165, 1.54) is 19.3 Å². The molecule has 1 atom stereocenters. The van der Waals surface area contributed by atoms with E-state index in [-0.39, 0.29) is 0 Å². The lowest BCUT2D eigenvalue weighted by atomic mass is 10.2. The van der Waals surface area contributed by atoms with E-state index < -0.39 is 0 Å². The van der Waals surface area contributed by atoms with Crippen molar-refractivity contribution >= 4 is 17.4 Å². The minimum absolute atomic E-state index is 0.412. The molecule has 0 spiro atoms. The maximum atomic E-state index is 4.48. The zero-order valence-corrected chi connectivity index (χ0v) is 6.45. The van der Waals surface area contributed by atoms with Crippen molar-refractivity contribution in [3.8, 4) is 0 Å². The van der Waals surface area contributed by atoms with Crippen molar-refractivity contribution in [2.45, 2.75) is 32.2 Å². The van der Waals surface area contributed by atoms with Crippen LogP contribution in [0.3, 0.4) is 0 Å². The summed E-state index contributed by atoms with van der Waals surface area (Å²) in [4.78, 5) is 3.97. The number of aliphatic imine (C=N–C) groups is 1. The Morgan fingerprint density at radius 2 is 2.44 bits per heavy atom. The number of hydrogen-bond donors (Lipinski definition) is 0. The number of thiocarbonyl (C=S) groups is 1. The zero-order chi connectivity index (χ0) is 6.69. The van der Waals surface area contributed by atoms with Gasteiger partial charge in [-0.25, -0.2) is 4.99 Å². The molecule has 1 fully saturated rings. The third kappa shape index (κ3) is 2.73. The minimum atomic E-state index is 0.412. The summed E-state index contributed by atoms with van der Waals surface area (Å²) >= 11 is 4.48. The average Bonchev–Trinajstić information content (AvgIpc) is 2.50. The molecule has 1 unspecified atom stereocenters. The van der Waals surface area contributed by atoms with Gasteiger partial charge in [-0.1, -0.05) is 12.8 Å². The molecule has 1 nitrogen and oxygen atoms in total. The highest BCUT2D eigenvalue weighted by Crippen LogP contribution is 2.33. The summed E-state index contributed by atoms with van der Waals surface area (Å²) in [6.07, 6.45) is 4.01. The Balaban J connectivity index is 2.16. The lowest BCUT2D eigenvalue weighted by Crippen LogP contribution is -1.97. The first-order valence-corrected chi connectivity index (χ1v) is 3.80. The molecule has 0 N–H and O–H groups in total. The van der Waals surface area contributed by atoms with Crippen LogP contribution in [-0.4, -0.2) is 11.2 Å². The van der Waals surface area contributed by atoms with Gasteiger partial charge in [0.05, 0.1) is 11.2 Å². The molecule has 0 amide bonds. The van der Waals surface area contributed by atoms with Crippen LogP contribution in [0.4, 0.5) is 0 Å². The van der Waals surface area contributed by atoms with E-state index in [4.69, 9.17) is 0 Å². The van der Waals surface area contributed by atoms with Crippen LogP contribution in [0.2, 0.25) is 0 Å². The lowest BCUT2D eigenvalue weighted by Gasteiger charge is -1.99. The molecule has 0 aliphatic heterocycles. The van der Waals surface area contributed by atoms with Gasteiger partial charge in [0.2, 0.25) is 0 Å². The summed E-state index contributed by atoms with van der Waals surface area (Å²) in [7, 11) is 0. The van der Waals surface area contributed by atoms with E-state index in [9.17, 15) is 0 Å². The van der Waals surface area contributed by atoms with Crippen LogP contribution in [-0.2, 0) is 0 Å². The Kier molecular flexibility index (Phi) is 2.38. The van der Waals surface area contributed by atoms with Gasteiger partial charge < -0.3 is 0 Å². The smallest absolute Gasteiger partial charge is 0.0587 e. The monoisotopic (exact) mass is 141 g/mol. The van der Waals surface area contributed by atoms with Crippen molar-refractivity contribution in [2.75, 3.05) is 0 Å². The largest absolute Gasteiger partial charge is 0.229 e. The Morgan fingerprint density at radius 1 is 1.78 bits per heavy atom. The zero-order valence-electron chi connectivity index (χ0n) is 5.63. The molecular weight excluding hydrogens is 130 g/mol. The van der Waals surface area contributed by atoms with Crippen LogP contribution >= 0.6 is 12.2 Å². The molecule has 0 aromatic rings. The van der Waals surface area contributed by atoms with Crippen molar-refractivity contribution in [3.05, 3.63) is 0 Å². The highest BCUT2D eigenvalue weighted by atomic mass is 32.1. The number of hydrogen-bond acceptors (Lipinski definition) is 2. The van der Waals surface area contributed by atoms with Gasteiger partial charge in [-0.15, -0.1) is 0 Å². The maximum Gasteiger partial charge on any atom is 0.0587 e. The molecule has 0 radical (unpaired) electrons. The SMILES string of the molecule is CC(CC1CC1)N=C=S. The number of rotatable bonds is 3. The van der Waals surface area contributed by atoms with Crippen LogP contribution in [0.25, 0.3) is 0 Å². The third-order valence-corrected chi connectivity index (χ3v) is 1.75. The fourth-order valence-electron chi connectivity index (χ4n) is 0.979. The summed E-state index contributed by atoms with van der Waals surface area (Å²) < 4.78 is 0. The molecule has 1 aliphatic rings. The second kappa shape index (κ2) is 3.09. The number of isothiocyanates is 1. The van der Waals surface area contributed by atoms with Gasteiger partial charge in [0.1, 0.15) is 0 Å². The minimum Gasteiger partial charge on any atom is -0.229 e. The third-order valence-electron chi connectivity index (χ3n) is 1.64. The molecule has 0 bridgehead atoms. The normalized spacial score (nSPS) is 20.6. The molecule has 1 rings (SSSR count). The standard InChI is InChI=1S/C7H11NS/c1-6(8-5-9)4-7-2-3-7/h6-7H,2-4H2,1H3. The van der Waals surface area contributed by atoms with Crippen LogP contribution < -0.4 is 0 Å². The second-order valence-electron chi connectivity index (χ2n) is 2.75. The van der Waals surface area contributed by atoms with Crippen LogP contribution in [0, 0.1) is 5.92 Å². The van der Waals surface area contributed by atoms with Gasteiger partial charge in [0, 0.05) is 0 Å². The molecule has 1 aliphatic carbocycles. The Labute approximate surface area is 61.2 Å². The molecule has 0 aromatic carbocycles. The van der Waals surface area contributed by atoms with E-state index >= 15 is 0 Å². The molecule has 0 aromatic heterocycles. The van der Waals surface area contributed by atoms with Crippen molar-refractivity contribution in [3.63, 3.8) is 0 Å². The van der Waals surface area contributed by atoms with Gasteiger partial charge in [0.25, 0.3) is 0 Å². The average molecular weight is 141 g/mol. The van der Waals surface area contributed by atoms with Crippen molar-refractivity contribution in [2.24, 2.45) is 10.9 Å². The molecule has 0 saturated heterocycles. The predicted molar refractivity (Wildman–Crippen MR) is 41.8 cm³/mol. The van der Waals surface area contributed by atoms with Crippen molar-refractivity contribution in [1.29, 1.82) is 0 Å². The summed E-state index contributed by atoms with van der Waals surface area (Å²) in [6, 6.07) is 0.412. The Hall–Kier alpha value is -0.200. The quantitative estimate of drug-likeness (QED) is 0.434. The highest BCUT2D eigenvalue weighted by Gasteiger charge is 2.22. The highest BCUT2D eigenvalue weighted by molar-refractivity contribution is 7.78. The molecule has 2 heteroatoms. The summed E-state index contributed by atoms with van der Waals surface area (Å²) in [5, 5.41) is 2.41. The van der Waals surface area contributed by atoms with E-state index in [1.54, 1.807) is 0 Å². The van der Waals surface area contributed by atoms with Gasteiger partial charge in [0.15, 0.2) is 0 Å². The molecule has 50 valence electrons. The summed E-state index contributed by atoms with van der Waals surface area (Å²) in [5.74, 6) is 0.951. The first-order chi connectivity index (χ1) is 4.33. The second-order valence-corrected chi connectivity index (χ2v) is 2.93. The Morgan fingerprint density at radius 3 is 2.89 bits per heavy atom. The first kappa shape index (κ1) is 6.91. The Bertz CT molecular complexity index is 134. The fraction of sp³-hybridized carbons (Fsp3) is 0.857. The molecule has 9 heavy (non-hydrogen) atoms. The van der Waals surface area contributed by atoms with Gasteiger partial charge >= 0.3 is 0 Å². The lowest BCUT2D eigenvalue weighted by molar-refractivity contribution is 0.615.